The highest BCUT2D eigenvalue weighted by atomic mass is 32.2. The van der Waals surface area contributed by atoms with E-state index in [4.69, 9.17) is 24.4 Å². The summed E-state index contributed by atoms with van der Waals surface area (Å²) in [6.45, 7) is 27.0. The summed E-state index contributed by atoms with van der Waals surface area (Å²) in [7, 11) is -1.22. The van der Waals surface area contributed by atoms with Gasteiger partial charge in [-0.15, -0.1) is 0 Å². The number of nitrogens with one attached hydrogen (secondary N) is 2. The summed E-state index contributed by atoms with van der Waals surface area (Å²) in [6.07, 6.45) is 6.56. The van der Waals surface area contributed by atoms with E-state index in [9.17, 15) is 8.42 Å². The summed E-state index contributed by atoms with van der Waals surface area (Å²) in [4.78, 5) is 0. The van der Waals surface area contributed by atoms with Crippen LogP contribution in [0.3, 0.4) is 0 Å². The van der Waals surface area contributed by atoms with Gasteiger partial charge in [0.05, 0.1) is 20.4 Å². The Morgan fingerprint density at radius 2 is 0.636 bits per heavy atom. The van der Waals surface area contributed by atoms with E-state index >= 15 is 0 Å². The molecule has 0 aliphatic rings. The fourth-order valence-electron chi connectivity index (χ4n) is 4.05. The van der Waals surface area contributed by atoms with Crippen LogP contribution in [-0.4, -0.2) is 33.4 Å². The maximum atomic E-state index is 9.56. The van der Waals surface area contributed by atoms with Crippen LogP contribution in [0.1, 0.15) is 105 Å². The van der Waals surface area contributed by atoms with Gasteiger partial charge < -0.3 is 10.6 Å². The third kappa shape index (κ3) is 12.6. The van der Waals surface area contributed by atoms with Crippen molar-refractivity contribution in [2.24, 2.45) is 0 Å². The average molecular weight is 677 g/mol. The molecule has 0 saturated heterocycles. The van der Waals surface area contributed by atoms with E-state index in [2.05, 4.69) is 130 Å². The molecule has 0 fully saturated rings. The first-order valence-electron chi connectivity index (χ1n) is 14.8. The molecule has 0 radical (unpaired) electrons. The minimum atomic E-state index is -0.611. The lowest BCUT2D eigenvalue weighted by atomic mass is 9.80. The normalized spacial score (nSPS) is 12.4. The number of hydrogen-bond acceptors (Lipinski definition) is 6. The Morgan fingerprint density at radius 3 is 0.795 bits per heavy atom. The SMILES string of the molecule is CC(C)(C)c1cc(Nc2c(Nc3cc(C(C)(C)C)cc(C(C)(C)C)c3)c(=S)c2=S)cc(C(C)(C)C)c1.CS(C)=O.CS(C)=O. The zero-order chi connectivity index (χ0) is 34.6. The molecule has 3 rings (SSSR count). The molecule has 3 aromatic rings. The molecular weight excluding hydrogens is 621 g/mol. The number of anilines is 4. The van der Waals surface area contributed by atoms with Crippen molar-refractivity contribution < 1.29 is 8.42 Å². The molecule has 4 nitrogen and oxygen atoms in total. The first-order chi connectivity index (χ1) is 19.6. The Kier molecular flexibility index (Phi) is 13.9. The fraction of sp³-hybridized carbons (Fsp3) is 0.556. The molecule has 0 spiro atoms. The first-order valence-corrected chi connectivity index (χ1v) is 19.6. The molecule has 0 heterocycles. The Hall–Kier alpha value is -1.74. The topological polar surface area (TPSA) is 58.2 Å². The van der Waals surface area contributed by atoms with Crippen LogP contribution in [0.4, 0.5) is 22.7 Å². The monoisotopic (exact) mass is 676 g/mol. The lowest BCUT2D eigenvalue weighted by Gasteiger charge is -2.28. The smallest absolute Gasteiger partial charge is 0.0838 e. The van der Waals surface area contributed by atoms with Gasteiger partial charge in [0, 0.05) is 58.0 Å². The van der Waals surface area contributed by atoms with Crippen LogP contribution in [-0.2, 0) is 43.3 Å². The predicted molar refractivity (Wildman–Crippen MR) is 205 cm³/mol. The Bertz CT molecular complexity index is 1360. The Labute approximate surface area is 283 Å². The van der Waals surface area contributed by atoms with Gasteiger partial charge in [0.2, 0.25) is 0 Å². The molecule has 0 aliphatic heterocycles. The average Bonchev–Trinajstić information content (AvgIpc) is 2.82. The zero-order valence-corrected chi connectivity index (χ0v) is 33.2. The summed E-state index contributed by atoms with van der Waals surface area (Å²) >= 11 is 11.4. The standard InChI is InChI=1S/C32H44N2S2.2C2H6OS/c1-29(2,3)19-13-20(30(4,5)6)16-23(15-19)33-25-26(28(36)27(25)35)34-24-17-21(31(7,8)9)14-22(18-24)32(10,11)12;2*1-4(2)3/h13-18,33-34H,1-12H3;2*1-2H3. The number of hydrogen-bond donors (Lipinski definition) is 2. The highest BCUT2D eigenvalue weighted by Crippen LogP contribution is 2.41. The molecule has 0 atom stereocenters. The largest absolute Gasteiger partial charge is 0.353 e. The van der Waals surface area contributed by atoms with Gasteiger partial charge in [0.1, 0.15) is 0 Å². The van der Waals surface area contributed by atoms with E-state index < -0.39 is 21.6 Å². The highest BCUT2D eigenvalue weighted by Gasteiger charge is 2.24. The van der Waals surface area contributed by atoms with Gasteiger partial charge in [-0.25, -0.2) is 0 Å². The quantitative estimate of drug-likeness (QED) is 0.268. The van der Waals surface area contributed by atoms with Gasteiger partial charge >= 0.3 is 0 Å². The van der Waals surface area contributed by atoms with Crippen molar-refractivity contribution in [2.45, 2.75) is 105 Å². The van der Waals surface area contributed by atoms with Crippen LogP contribution in [0.5, 0.6) is 0 Å². The summed E-state index contributed by atoms with van der Waals surface area (Å²) in [5.41, 5.74) is 9.26. The van der Waals surface area contributed by atoms with E-state index in [1.165, 1.54) is 22.3 Å². The van der Waals surface area contributed by atoms with E-state index in [1.807, 2.05) is 0 Å². The highest BCUT2D eigenvalue weighted by molar-refractivity contribution is 7.83. The van der Waals surface area contributed by atoms with Gasteiger partial charge in [-0.05, 0) is 68.2 Å². The molecule has 246 valence electrons. The molecule has 8 heteroatoms. The summed E-state index contributed by atoms with van der Waals surface area (Å²) in [5, 5.41) is 7.26. The molecule has 2 N–H and O–H groups in total. The van der Waals surface area contributed by atoms with Crippen molar-refractivity contribution in [1.82, 2.24) is 0 Å². The summed E-state index contributed by atoms with van der Waals surface area (Å²) in [5.74, 6) is 0. The van der Waals surface area contributed by atoms with Gasteiger partial charge in [-0.2, -0.15) is 0 Å². The van der Waals surface area contributed by atoms with Crippen molar-refractivity contribution in [2.75, 3.05) is 35.7 Å². The summed E-state index contributed by atoms with van der Waals surface area (Å²) in [6, 6.07) is 13.6. The van der Waals surface area contributed by atoms with Gasteiger partial charge in [-0.3, -0.25) is 8.42 Å². The first kappa shape index (κ1) is 40.3. The minimum Gasteiger partial charge on any atom is -0.353 e. The minimum absolute atomic E-state index is 0.0410. The van der Waals surface area contributed by atoms with E-state index in [-0.39, 0.29) is 21.7 Å². The molecule has 3 aromatic carbocycles. The third-order valence-corrected chi connectivity index (χ3v) is 7.72. The summed E-state index contributed by atoms with van der Waals surface area (Å²) < 4.78 is 20.5. The van der Waals surface area contributed by atoms with E-state index in [1.54, 1.807) is 25.0 Å². The molecule has 0 amide bonds. The second kappa shape index (κ2) is 15.2. The lowest BCUT2D eigenvalue weighted by molar-refractivity contribution is 0.568. The number of benzene rings is 2. The predicted octanol–water partition coefficient (Wildman–Crippen LogP) is 10.7. The maximum Gasteiger partial charge on any atom is 0.0838 e. The zero-order valence-electron chi connectivity index (χ0n) is 29.9. The molecule has 0 unspecified atom stereocenters. The van der Waals surface area contributed by atoms with E-state index in [0.29, 0.717) is 9.02 Å². The third-order valence-electron chi connectivity index (χ3n) is 6.78. The Morgan fingerprint density at radius 1 is 0.455 bits per heavy atom. The van der Waals surface area contributed by atoms with Crippen LogP contribution in [0.15, 0.2) is 36.4 Å². The Balaban J connectivity index is 0.00000108. The van der Waals surface area contributed by atoms with Crippen molar-refractivity contribution >= 4 is 68.8 Å². The maximum absolute atomic E-state index is 9.56. The van der Waals surface area contributed by atoms with Crippen molar-refractivity contribution in [3.63, 3.8) is 0 Å². The number of rotatable bonds is 4. The van der Waals surface area contributed by atoms with Crippen molar-refractivity contribution in [3.05, 3.63) is 67.7 Å². The van der Waals surface area contributed by atoms with Crippen LogP contribution < -0.4 is 10.6 Å². The molecule has 0 saturated carbocycles. The lowest BCUT2D eigenvalue weighted by Crippen LogP contribution is -2.17. The molecule has 0 bridgehead atoms. The van der Waals surface area contributed by atoms with Crippen molar-refractivity contribution in [3.8, 4) is 0 Å². The molecule has 0 aliphatic carbocycles. The molecular formula is C36H56N2O2S4. The van der Waals surface area contributed by atoms with Gasteiger partial charge in [-0.1, -0.05) is 120 Å². The van der Waals surface area contributed by atoms with Gasteiger partial charge in [0.15, 0.2) is 0 Å². The molecule has 0 aromatic heterocycles. The van der Waals surface area contributed by atoms with Crippen LogP contribution in [0.25, 0.3) is 0 Å². The molecule has 44 heavy (non-hydrogen) atoms. The van der Waals surface area contributed by atoms with Gasteiger partial charge in [0.25, 0.3) is 0 Å². The van der Waals surface area contributed by atoms with Crippen molar-refractivity contribution in [1.29, 1.82) is 0 Å². The van der Waals surface area contributed by atoms with E-state index in [0.717, 1.165) is 22.7 Å². The second-order valence-electron chi connectivity index (χ2n) is 15.7. The van der Waals surface area contributed by atoms with Crippen LogP contribution in [0, 0.1) is 9.02 Å². The van der Waals surface area contributed by atoms with Crippen LogP contribution in [0.2, 0.25) is 0 Å². The van der Waals surface area contributed by atoms with Crippen LogP contribution >= 0.6 is 24.4 Å². The fourth-order valence-corrected chi connectivity index (χ4v) is 4.56. The second-order valence-corrected chi connectivity index (χ2v) is 19.5.